The Balaban J connectivity index is 0.00000112. The molecule has 0 spiro atoms. The second kappa shape index (κ2) is 4.04. The van der Waals surface area contributed by atoms with Crippen molar-refractivity contribution in [2.75, 3.05) is 0 Å². The highest BCUT2D eigenvalue weighted by atomic mass is 35.5. The number of aliphatic hydroxyl groups is 1. The van der Waals surface area contributed by atoms with E-state index in [2.05, 4.69) is 0 Å². The van der Waals surface area contributed by atoms with Gasteiger partial charge in [-0.25, -0.2) is 8.78 Å². The Hall–Kier alpha value is -0.710. The smallest absolute Gasteiger partial charge is 0.131 e. The van der Waals surface area contributed by atoms with Crippen LogP contribution in [0.1, 0.15) is 18.4 Å². The van der Waals surface area contributed by atoms with Gasteiger partial charge in [0.2, 0.25) is 0 Å². The van der Waals surface area contributed by atoms with E-state index < -0.39 is 23.3 Å². The van der Waals surface area contributed by atoms with Crippen LogP contribution >= 0.6 is 12.4 Å². The molecule has 0 amide bonds. The van der Waals surface area contributed by atoms with Crippen LogP contribution in [0.25, 0.3) is 0 Å². The lowest BCUT2D eigenvalue weighted by Gasteiger charge is -2.42. The zero-order valence-electron chi connectivity index (χ0n) is 7.91. The first kappa shape index (κ1) is 12.4. The lowest BCUT2D eigenvalue weighted by Crippen LogP contribution is -2.52. The molecular formula is C10H12ClF2NO. The van der Waals surface area contributed by atoms with Crippen LogP contribution in [0.5, 0.6) is 0 Å². The zero-order chi connectivity index (χ0) is 10.3. The van der Waals surface area contributed by atoms with Crippen LogP contribution in [-0.4, -0.2) is 11.2 Å². The van der Waals surface area contributed by atoms with E-state index in [1.807, 2.05) is 0 Å². The molecule has 0 bridgehead atoms. The van der Waals surface area contributed by atoms with Crippen molar-refractivity contribution in [2.24, 2.45) is 5.73 Å². The fourth-order valence-electron chi connectivity index (χ4n) is 1.96. The molecular weight excluding hydrogens is 224 g/mol. The van der Waals surface area contributed by atoms with E-state index >= 15 is 0 Å². The fraction of sp³-hybridized carbons (Fsp3) is 0.400. The van der Waals surface area contributed by atoms with Crippen molar-refractivity contribution < 1.29 is 13.9 Å². The molecule has 1 aromatic rings. The van der Waals surface area contributed by atoms with Gasteiger partial charge in [-0.2, -0.15) is 0 Å². The average Bonchev–Trinajstić information content (AvgIpc) is 2.00. The Morgan fingerprint density at radius 1 is 1.27 bits per heavy atom. The summed E-state index contributed by atoms with van der Waals surface area (Å²) < 4.78 is 26.6. The largest absolute Gasteiger partial charge is 0.393 e. The molecule has 0 atom stereocenters. The first-order chi connectivity index (χ1) is 6.53. The topological polar surface area (TPSA) is 46.2 Å². The van der Waals surface area contributed by atoms with Crippen LogP contribution in [0, 0.1) is 11.6 Å². The number of nitrogens with two attached hydrogens (primary N) is 1. The summed E-state index contributed by atoms with van der Waals surface area (Å²) in [4.78, 5) is 0. The maximum Gasteiger partial charge on any atom is 0.131 e. The van der Waals surface area contributed by atoms with Crippen molar-refractivity contribution in [1.82, 2.24) is 0 Å². The van der Waals surface area contributed by atoms with Gasteiger partial charge in [0.25, 0.3) is 0 Å². The Morgan fingerprint density at radius 2 is 1.73 bits per heavy atom. The van der Waals surface area contributed by atoms with Crippen molar-refractivity contribution in [3.8, 4) is 0 Å². The summed E-state index contributed by atoms with van der Waals surface area (Å²) >= 11 is 0. The molecule has 84 valence electrons. The summed E-state index contributed by atoms with van der Waals surface area (Å²) in [7, 11) is 0. The van der Waals surface area contributed by atoms with Gasteiger partial charge in [-0.15, -0.1) is 12.4 Å². The Morgan fingerprint density at radius 3 is 2.13 bits per heavy atom. The maximum atomic E-state index is 13.3. The lowest BCUT2D eigenvalue weighted by molar-refractivity contribution is 0.0175. The van der Waals surface area contributed by atoms with E-state index in [0.717, 1.165) is 0 Å². The van der Waals surface area contributed by atoms with Gasteiger partial charge in [-0.05, 0) is 25.0 Å². The highest BCUT2D eigenvalue weighted by Gasteiger charge is 2.44. The van der Waals surface area contributed by atoms with Crippen molar-refractivity contribution in [2.45, 2.75) is 24.5 Å². The van der Waals surface area contributed by atoms with Crippen LogP contribution < -0.4 is 5.73 Å². The Kier molecular flexibility index (Phi) is 3.33. The molecule has 1 aliphatic carbocycles. The molecule has 0 saturated heterocycles. The summed E-state index contributed by atoms with van der Waals surface area (Å²) in [6, 6.07) is 3.65. The van der Waals surface area contributed by atoms with Crippen molar-refractivity contribution in [3.63, 3.8) is 0 Å². The molecule has 0 unspecified atom stereocenters. The molecule has 0 aromatic heterocycles. The third kappa shape index (κ3) is 1.97. The second-order valence-electron chi connectivity index (χ2n) is 3.81. The molecule has 2 nitrogen and oxygen atoms in total. The summed E-state index contributed by atoms with van der Waals surface area (Å²) in [5.41, 5.74) is 4.64. The quantitative estimate of drug-likeness (QED) is 0.778. The predicted octanol–water partition coefficient (Wildman–Crippen LogP) is 1.70. The van der Waals surface area contributed by atoms with Crippen LogP contribution in [0.3, 0.4) is 0 Å². The third-order valence-electron chi connectivity index (χ3n) is 2.66. The second-order valence-corrected chi connectivity index (χ2v) is 3.81. The predicted molar refractivity (Wildman–Crippen MR) is 54.7 cm³/mol. The van der Waals surface area contributed by atoms with Crippen LogP contribution in [-0.2, 0) is 5.54 Å². The van der Waals surface area contributed by atoms with Gasteiger partial charge in [0.05, 0.1) is 11.6 Å². The lowest BCUT2D eigenvalue weighted by atomic mass is 9.70. The molecule has 1 saturated carbocycles. The normalized spacial score (nSPS) is 29.2. The van der Waals surface area contributed by atoms with Crippen molar-refractivity contribution >= 4 is 12.4 Å². The average molecular weight is 236 g/mol. The fourth-order valence-corrected chi connectivity index (χ4v) is 1.96. The standard InChI is InChI=1S/C10H11F2NO.ClH/c11-7-2-1-3-8(12)9(7)10(13)4-6(14)5-10;/h1-3,6,14H,4-5,13H2;1H. The minimum absolute atomic E-state index is 0. The minimum atomic E-state index is -1.03. The Bertz CT molecular complexity index is 346. The van der Waals surface area contributed by atoms with Crippen LogP contribution in [0.4, 0.5) is 8.78 Å². The number of hydrogen-bond donors (Lipinski definition) is 2. The highest BCUT2D eigenvalue weighted by Crippen LogP contribution is 2.41. The summed E-state index contributed by atoms with van der Waals surface area (Å²) in [6.45, 7) is 0. The first-order valence-electron chi connectivity index (χ1n) is 4.44. The van der Waals surface area contributed by atoms with Gasteiger partial charge >= 0.3 is 0 Å². The molecule has 2 rings (SSSR count). The number of hydrogen-bond acceptors (Lipinski definition) is 2. The van der Waals surface area contributed by atoms with Crippen LogP contribution in [0.15, 0.2) is 18.2 Å². The van der Waals surface area contributed by atoms with E-state index in [4.69, 9.17) is 10.8 Å². The molecule has 15 heavy (non-hydrogen) atoms. The number of aliphatic hydroxyl groups excluding tert-OH is 1. The summed E-state index contributed by atoms with van der Waals surface area (Å²) in [5, 5.41) is 9.10. The summed E-state index contributed by atoms with van der Waals surface area (Å²) in [5.74, 6) is -1.28. The van der Waals surface area contributed by atoms with Gasteiger partial charge in [-0.1, -0.05) is 6.07 Å². The van der Waals surface area contributed by atoms with E-state index in [0.29, 0.717) is 0 Å². The van der Waals surface area contributed by atoms with Crippen LogP contribution in [0.2, 0.25) is 0 Å². The van der Waals surface area contributed by atoms with Gasteiger partial charge in [0.1, 0.15) is 11.6 Å². The molecule has 5 heteroatoms. The monoisotopic (exact) mass is 235 g/mol. The number of rotatable bonds is 1. The minimum Gasteiger partial charge on any atom is -0.393 e. The number of halogens is 3. The zero-order valence-corrected chi connectivity index (χ0v) is 8.73. The van der Waals surface area contributed by atoms with E-state index in [1.54, 1.807) is 0 Å². The molecule has 0 radical (unpaired) electrons. The van der Waals surface area contributed by atoms with E-state index in [9.17, 15) is 8.78 Å². The van der Waals surface area contributed by atoms with Crippen molar-refractivity contribution in [1.29, 1.82) is 0 Å². The van der Waals surface area contributed by atoms with Gasteiger partial charge in [0.15, 0.2) is 0 Å². The SMILES string of the molecule is Cl.NC1(c2c(F)cccc2F)CC(O)C1. The number of benzene rings is 1. The van der Waals surface area contributed by atoms with E-state index in [1.165, 1.54) is 18.2 Å². The molecule has 1 aliphatic rings. The molecule has 0 aliphatic heterocycles. The maximum absolute atomic E-state index is 13.3. The van der Waals surface area contributed by atoms with Gasteiger partial charge in [-0.3, -0.25) is 0 Å². The molecule has 0 heterocycles. The summed E-state index contributed by atoms with van der Waals surface area (Å²) in [6.07, 6.45) is -0.116. The third-order valence-corrected chi connectivity index (χ3v) is 2.66. The molecule has 3 N–H and O–H groups in total. The highest BCUT2D eigenvalue weighted by molar-refractivity contribution is 5.85. The first-order valence-corrected chi connectivity index (χ1v) is 4.44. The van der Waals surface area contributed by atoms with Gasteiger partial charge in [0, 0.05) is 5.56 Å². The Labute approximate surface area is 92.5 Å². The molecule has 1 fully saturated rings. The van der Waals surface area contributed by atoms with Gasteiger partial charge < -0.3 is 10.8 Å². The van der Waals surface area contributed by atoms with E-state index in [-0.39, 0.29) is 30.8 Å². The van der Waals surface area contributed by atoms with Crippen molar-refractivity contribution in [3.05, 3.63) is 35.4 Å². The molecule has 1 aromatic carbocycles.